The normalized spacial score (nSPS) is 10.0. The summed E-state index contributed by atoms with van der Waals surface area (Å²) in [6, 6.07) is 7.87. The predicted octanol–water partition coefficient (Wildman–Crippen LogP) is 2.97. The van der Waals surface area contributed by atoms with Gasteiger partial charge in [-0.05, 0) is 30.5 Å². The van der Waals surface area contributed by atoms with Crippen LogP contribution < -0.4 is 4.74 Å². The van der Waals surface area contributed by atoms with Gasteiger partial charge < -0.3 is 9.47 Å². The predicted molar refractivity (Wildman–Crippen MR) is 67.2 cm³/mol. The molecule has 0 spiro atoms. The van der Waals surface area contributed by atoms with Crippen molar-refractivity contribution in [3.8, 4) is 5.75 Å². The molecule has 1 aromatic carbocycles. The average molecular weight is 236 g/mol. The summed E-state index contributed by atoms with van der Waals surface area (Å²) in [5.41, 5.74) is 1.10. The largest absolute Gasteiger partial charge is 0.494 e. The molecule has 0 saturated carbocycles. The van der Waals surface area contributed by atoms with Gasteiger partial charge in [-0.1, -0.05) is 25.5 Å². The van der Waals surface area contributed by atoms with Gasteiger partial charge in [0, 0.05) is 6.42 Å². The number of methoxy groups -OCH3 is 1. The highest BCUT2D eigenvalue weighted by atomic mass is 16.5. The van der Waals surface area contributed by atoms with Crippen molar-refractivity contribution in [2.75, 3.05) is 13.7 Å². The maximum absolute atomic E-state index is 11.0. The zero-order valence-corrected chi connectivity index (χ0v) is 10.6. The minimum absolute atomic E-state index is 0.178. The highest BCUT2D eigenvalue weighted by molar-refractivity contribution is 5.69. The smallest absolute Gasteiger partial charge is 0.305 e. The van der Waals surface area contributed by atoms with Gasteiger partial charge in [0.2, 0.25) is 0 Å². The molecule has 0 bridgehead atoms. The summed E-state index contributed by atoms with van der Waals surface area (Å²) in [6.07, 6.45) is 3.29. The van der Waals surface area contributed by atoms with Crippen LogP contribution >= 0.6 is 0 Å². The lowest BCUT2D eigenvalue weighted by molar-refractivity contribution is -0.140. The van der Waals surface area contributed by atoms with Crippen LogP contribution in [-0.4, -0.2) is 19.7 Å². The Bertz CT molecular complexity index is 347. The van der Waals surface area contributed by atoms with Gasteiger partial charge in [0.25, 0.3) is 0 Å². The Morgan fingerprint density at radius 1 is 1.35 bits per heavy atom. The molecular weight excluding hydrogens is 216 g/mol. The SMILES string of the molecule is CCCCOc1cccc(CCC(=O)OC)c1. The van der Waals surface area contributed by atoms with Crippen molar-refractivity contribution in [1.29, 1.82) is 0 Å². The Labute approximate surface area is 103 Å². The van der Waals surface area contributed by atoms with E-state index in [1.807, 2.05) is 24.3 Å². The molecule has 17 heavy (non-hydrogen) atoms. The number of rotatable bonds is 7. The topological polar surface area (TPSA) is 35.5 Å². The maximum Gasteiger partial charge on any atom is 0.305 e. The third kappa shape index (κ3) is 5.38. The Balaban J connectivity index is 2.44. The van der Waals surface area contributed by atoms with Crippen LogP contribution in [0.5, 0.6) is 5.75 Å². The first-order valence-corrected chi connectivity index (χ1v) is 6.04. The molecule has 1 aromatic rings. The van der Waals surface area contributed by atoms with Crippen molar-refractivity contribution in [3.05, 3.63) is 29.8 Å². The summed E-state index contributed by atoms with van der Waals surface area (Å²) in [6.45, 7) is 2.88. The Kier molecular flexibility index (Phi) is 6.15. The number of benzene rings is 1. The Morgan fingerprint density at radius 3 is 2.88 bits per heavy atom. The molecule has 0 atom stereocenters. The summed E-state index contributed by atoms with van der Waals surface area (Å²) in [5, 5.41) is 0. The van der Waals surface area contributed by atoms with Crippen LogP contribution in [0.1, 0.15) is 31.7 Å². The fraction of sp³-hybridized carbons (Fsp3) is 0.500. The zero-order chi connectivity index (χ0) is 12.5. The summed E-state index contributed by atoms with van der Waals surface area (Å²) >= 11 is 0. The lowest BCUT2D eigenvalue weighted by Crippen LogP contribution is -2.02. The number of hydrogen-bond acceptors (Lipinski definition) is 3. The molecule has 0 aliphatic rings. The molecular formula is C14H20O3. The van der Waals surface area contributed by atoms with Gasteiger partial charge in [-0.15, -0.1) is 0 Å². The minimum atomic E-state index is -0.178. The standard InChI is InChI=1S/C14H20O3/c1-3-4-10-17-13-7-5-6-12(11-13)8-9-14(15)16-2/h5-7,11H,3-4,8-10H2,1-2H3. The Morgan fingerprint density at radius 2 is 2.18 bits per heavy atom. The highest BCUT2D eigenvalue weighted by Crippen LogP contribution is 2.15. The van der Waals surface area contributed by atoms with E-state index in [0.717, 1.165) is 30.8 Å². The molecule has 0 heterocycles. The average Bonchev–Trinajstić information content (AvgIpc) is 2.37. The molecule has 1 rings (SSSR count). The van der Waals surface area contributed by atoms with Crippen molar-refractivity contribution in [2.24, 2.45) is 0 Å². The molecule has 0 aliphatic carbocycles. The van der Waals surface area contributed by atoms with E-state index >= 15 is 0 Å². The van der Waals surface area contributed by atoms with E-state index in [1.54, 1.807) is 0 Å². The van der Waals surface area contributed by atoms with E-state index in [0.29, 0.717) is 12.8 Å². The second kappa shape index (κ2) is 7.71. The van der Waals surface area contributed by atoms with E-state index in [-0.39, 0.29) is 5.97 Å². The van der Waals surface area contributed by atoms with Crippen LogP contribution in [-0.2, 0) is 16.0 Å². The van der Waals surface area contributed by atoms with Crippen molar-refractivity contribution in [3.63, 3.8) is 0 Å². The number of carbonyl (C=O) groups is 1. The third-order valence-corrected chi connectivity index (χ3v) is 2.51. The molecule has 0 fully saturated rings. The molecule has 0 amide bonds. The van der Waals surface area contributed by atoms with E-state index in [9.17, 15) is 4.79 Å². The molecule has 0 radical (unpaired) electrons. The molecule has 94 valence electrons. The molecule has 0 N–H and O–H groups in total. The van der Waals surface area contributed by atoms with Crippen molar-refractivity contribution in [1.82, 2.24) is 0 Å². The van der Waals surface area contributed by atoms with Gasteiger partial charge in [0.05, 0.1) is 13.7 Å². The maximum atomic E-state index is 11.0. The number of unbranched alkanes of at least 4 members (excludes halogenated alkanes) is 1. The van der Waals surface area contributed by atoms with Gasteiger partial charge in [-0.3, -0.25) is 4.79 Å². The summed E-state index contributed by atoms with van der Waals surface area (Å²) in [5.74, 6) is 0.697. The van der Waals surface area contributed by atoms with E-state index in [1.165, 1.54) is 7.11 Å². The number of hydrogen-bond donors (Lipinski definition) is 0. The van der Waals surface area contributed by atoms with Gasteiger partial charge in [-0.2, -0.15) is 0 Å². The Hall–Kier alpha value is -1.51. The number of esters is 1. The van der Waals surface area contributed by atoms with Gasteiger partial charge >= 0.3 is 5.97 Å². The number of ether oxygens (including phenoxy) is 2. The van der Waals surface area contributed by atoms with Crippen molar-refractivity contribution < 1.29 is 14.3 Å². The second-order valence-corrected chi connectivity index (χ2v) is 3.93. The zero-order valence-electron chi connectivity index (χ0n) is 10.6. The molecule has 0 saturated heterocycles. The van der Waals surface area contributed by atoms with E-state index in [4.69, 9.17) is 4.74 Å². The monoisotopic (exact) mass is 236 g/mol. The lowest BCUT2D eigenvalue weighted by Gasteiger charge is -2.07. The van der Waals surface area contributed by atoms with Crippen LogP contribution in [0.25, 0.3) is 0 Å². The fourth-order valence-corrected chi connectivity index (χ4v) is 1.47. The summed E-state index contributed by atoms with van der Waals surface area (Å²) in [4.78, 5) is 11.0. The number of carbonyl (C=O) groups excluding carboxylic acids is 1. The van der Waals surface area contributed by atoms with E-state index in [2.05, 4.69) is 11.7 Å². The molecule has 3 heteroatoms. The van der Waals surface area contributed by atoms with E-state index < -0.39 is 0 Å². The molecule has 0 aromatic heterocycles. The highest BCUT2D eigenvalue weighted by Gasteiger charge is 2.02. The summed E-state index contributed by atoms with van der Waals surface area (Å²) < 4.78 is 10.2. The molecule has 0 unspecified atom stereocenters. The van der Waals surface area contributed by atoms with Gasteiger partial charge in [-0.25, -0.2) is 0 Å². The minimum Gasteiger partial charge on any atom is -0.494 e. The van der Waals surface area contributed by atoms with Crippen molar-refractivity contribution in [2.45, 2.75) is 32.6 Å². The van der Waals surface area contributed by atoms with Gasteiger partial charge in [0.15, 0.2) is 0 Å². The second-order valence-electron chi connectivity index (χ2n) is 3.93. The third-order valence-electron chi connectivity index (χ3n) is 2.51. The van der Waals surface area contributed by atoms with Crippen LogP contribution in [0.2, 0.25) is 0 Å². The van der Waals surface area contributed by atoms with Crippen LogP contribution in [0.4, 0.5) is 0 Å². The molecule has 0 aliphatic heterocycles. The van der Waals surface area contributed by atoms with Crippen molar-refractivity contribution >= 4 is 5.97 Å². The van der Waals surface area contributed by atoms with Crippen LogP contribution in [0, 0.1) is 0 Å². The van der Waals surface area contributed by atoms with Crippen LogP contribution in [0.3, 0.4) is 0 Å². The van der Waals surface area contributed by atoms with Gasteiger partial charge in [0.1, 0.15) is 5.75 Å². The number of aryl methyl sites for hydroxylation is 1. The lowest BCUT2D eigenvalue weighted by atomic mass is 10.1. The summed E-state index contributed by atoms with van der Waals surface area (Å²) in [7, 11) is 1.41. The first-order chi connectivity index (χ1) is 8.26. The first-order valence-electron chi connectivity index (χ1n) is 6.04. The fourth-order valence-electron chi connectivity index (χ4n) is 1.47. The van der Waals surface area contributed by atoms with Crippen LogP contribution in [0.15, 0.2) is 24.3 Å². The molecule has 3 nitrogen and oxygen atoms in total. The first kappa shape index (κ1) is 13.6. The quantitative estimate of drug-likeness (QED) is 0.539.